The maximum Gasteiger partial charge on any atom is 0.164 e. The molecule has 0 saturated carbocycles. The van der Waals surface area contributed by atoms with E-state index in [1.807, 2.05) is 146 Å². The third kappa shape index (κ3) is 10.9. The van der Waals surface area contributed by atoms with Crippen molar-refractivity contribution >= 4 is 21.8 Å². The summed E-state index contributed by atoms with van der Waals surface area (Å²) in [5.41, 5.74) is 17.3. The SMILES string of the molecule is c1ccc(-c2nc(-c3ccccc3)nc(-c3cccc(-c4cccc(-c5nc(-c6ccccc6)nc(-c6cccc(-c7cccc(-c8nc(-c9ccccc9)nc(-c9cccc(-c%10cccc(-n%11c%12ccccc%12c%12ccccc%12%11)c%10)c9)n8)c7)c6)n5)c4)c3)n2)cc1. The number of para-hydroxylation sites is 2. The Morgan fingerprint density at radius 3 is 0.626 bits per heavy atom. The van der Waals surface area contributed by atoms with Gasteiger partial charge in [0.1, 0.15) is 0 Å². The van der Waals surface area contributed by atoms with Crippen molar-refractivity contribution in [1.29, 1.82) is 0 Å². The number of aromatic nitrogens is 10. The summed E-state index contributed by atoms with van der Waals surface area (Å²) < 4.78 is 2.35. The van der Waals surface area contributed by atoms with Crippen LogP contribution in [0.1, 0.15) is 0 Å². The third-order valence-corrected chi connectivity index (χ3v) is 16.3. The van der Waals surface area contributed by atoms with Crippen molar-refractivity contribution < 1.29 is 0 Å². The lowest BCUT2D eigenvalue weighted by molar-refractivity contribution is 1.07. The fourth-order valence-corrected chi connectivity index (χ4v) is 11.9. The lowest BCUT2D eigenvalue weighted by Gasteiger charge is -2.12. The van der Waals surface area contributed by atoms with E-state index in [0.717, 1.165) is 89.1 Å². The van der Waals surface area contributed by atoms with Gasteiger partial charge in [0.05, 0.1) is 11.0 Å². The molecule has 4 heterocycles. The number of rotatable bonds is 13. The minimum Gasteiger partial charge on any atom is -0.309 e. The van der Waals surface area contributed by atoms with Crippen LogP contribution in [0.15, 0.2) is 315 Å². The summed E-state index contributed by atoms with van der Waals surface area (Å²) >= 11 is 0. The summed E-state index contributed by atoms with van der Waals surface area (Å²) in [6.07, 6.45) is 0. The van der Waals surface area contributed by atoms with Crippen molar-refractivity contribution in [3.05, 3.63) is 315 Å². The van der Waals surface area contributed by atoms with Crippen molar-refractivity contribution in [2.45, 2.75) is 0 Å². The number of fused-ring (bicyclic) bond motifs is 3. The van der Waals surface area contributed by atoms with E-state index in [2.05, 4.69) is 174 Å². The van der Waals surface area contributed by atoms with Gasteiger partial charge in [0, 0.05) is 66.5 Å². The zero-order valence-corrected chi connectivity index (χ0v) is 49.0. The lowest BCUT2D eigenvalue weighted by atomic mass is 10.00. The summed E-state index contributed by atoms with van der Waals surface area (Å²) in [4.78, 5) is 46.0. The Bertz CT molecular complexity index is 5250. The molecular weight excluding hydrogens is 1110 g/mol. The van der Waals surface area contributed by atoms with Crippen LogP contribution in [-0.2, 0) is 0 Å². The quantitative estimate of drug-likeness (QED) is 0.111. The van der Waals surface area contributed by atoms with Crippen molar-refractivity contribution in [3.8, 4) is 142 Å². The van der Waals surface area contributed by atoms with Crippen molar-refractivity contribution in [3.63, 3.8) is 0 Å². The maximum absolute atomic E-state index is 5.25. The molecule has 0 fully saturated rings. The fourth-order valence-electron chi connectivity index (χ4n) is 11.9. The molecule has 0 unspecified atom stereocenters. The number of hydrogen-bond donors (Lipinski definition) is 0. The Morgan fingerprint density at radius 2 is 0.352 bits per heavy atom. The second-order valence-corrected chi connectivity index (χ2v) is 22.2. The Labute approximate surface area is 525 Å². The Hall–Kier alpha value is -12.5. The maximum atomic E-state index is 5.25. The van der Waals surface area contributed by atoms with E-state index in [0.29, 0.717) is 52.4 Å². The van der Waals surface area contributed by atoms with Gasteiger partial charge in [-0.15, -0.1) is 0 Å². The molecule has 0 spiro atoms. The van der Waals surface area contributed by atoms with Crippen LogP contribution in [0.5, 0.6) is 0 Å². The second-order valence-electron chi connectivity index (χ2n) is 22.2. The molecule has 426 valence electrons. The monoisotopic (exact) mass is 1160 g/mol. The first-order valence-electron chi connectivity index (χ1n) is 30.2. The predicted molar refractivity (Wildman–Crippen MR) is 366 cm³/mol. The molecule has 0 amide bonds. The Balaban J connectivity index is 0.732. The van der Waals surface area contributed by atoms with Crippen LogP contribution in [0, 0.1) is 0 Å². The standard InChI is InChI=1S/C81H52N10/c1-5-23-53(24-6-1)73-82-74(54-25-7-2-8-26-54)84-77(83-73)63-37-17-31-57(47-63)58-32-18-38-64(48-58)78-85-75(55-27-9-3-10-28-55)86-79(89-78)65-39-19-33-59(49-65)60-34-20-40-66(50-60)80-87-76(56-29-11-4-12-30-56)88-81(90-80)67-41-21-35-61(51-67)62-36-22-42-68(52-62)91-71-45-15-13-43-69(71)70-44-14-16-46-72(70)91/h1-52H. The molecule has 0 radical (unpaired) electrons. The van der Waals surface area contributed by atoms with E-state index < -0.39 is 0 Å². The number of hydrogen-bond acceptors (Lipinski definition) is 9. The van der Waals surface area contributed by atoms with Gasteiger partial charge in [-0.2, -0.15) is 0 Å². The van der Waals surface area contributed by atoms with Crippen LogP contribution in [0.3, 0.4) is 0 Å². The minimum atomic E-state index is 0.544. The van der Waals surface area contributed by atoms with E-state index in [9.17, 15) is 0 Å². The molecule has 10 heteroatoms. The predicted octanol–water partition coefficient (Wildman–Crippen LogP) is 19.3. The van der Waals surface area contributed by atoms with E-state index in [-0.39, 0.29) is 0 Å². The van der Waals surface area contributed by atoms with Crippen LogP contribution >= 0.6 is 0 Å². The van der Waals surface area contributed by atoms with E-state index in [4.69, 9.17) is 44.9 Å². The average Bonchev–Trinajstić information content (AvgIpc) is 1.67. The van der Waals surface area contributed by atoms with Gasteiger partial charge in [0.25, 0.3) is 0 Å². The highest BCUT2D eigenvalue weighted by atomic mass is 15.1. The summed E-state index contributed by atoms with van der Waals surface area (Å²) in [6, 6.07) is 108. The first-order chi connectivity index (χ1) is 45.0. The summed E-state index contributed by atoms with van der Waals surface area (Å²) in [5, 5.41) is 2.45. The summed E-state index contributed by atoms with van der Waals surface area (Å²) in [5.74, 6) is 5.17. The highest BCUT2D eigenvalue weighted by Gasteiger charge is 2.19. The lowest BCUT2D eigenvalue weighted by Crippen LogP contribution is -2.01. The average molecular weight is 1170 g/mol. The first-order valence-corrected chi connectivity index (χ1v) is 30.2. The van der Waals surface area contributed by atoms with Gasteiger partial charge in [0.2, 0.25) is 0 Å². The van der Waals surface area contributed by atoms with Crippen LogP contribution in [0.4, 0.5) is 0 Å². The molecule has 16 aromatic rings. The highest BCUT2D eigenvalue weighted by molar-refractivity contribution is 6.09. The molecule has 0 N–H and O–H groups in total. The zero-order chi connectivity index (χ0) is 60.5. The van der Waals surface area contributed by atoms with E-state index in [1.165, 1.54) is 21.8 Å². The largest absolute Gasteiger partial charge is 0.309 e. The van der Waals surface area contributed by atoms with E-state index in [1.54, 1.807) is 0 Å². The van der Waals surface area contributed by atoms with Gasteiger partial charge in [-0.05, 0) is 88.0 Å². The summed E-state index contributed by atoms with van der Waals surface area (Å²) in [6.45, 7) is 0. The van der Waals surface area contributed by atoms with E-state index >= 15 is 0 Å². The molecule has 91 heavy (non-hydrogen) atoms. The third-order valence-electron chi connectivity index (χ3n) is 16.3. The fraction of sp³-hybridized carbons (Fsp3) is 0. The normalized spacial score (nSPS) is 11.3. The van der Waals surface area contributed by atoms with Crippen LogP contribution in [0.25, 0.3) is 163 Å². The van der Waals surface area contributed by atoms with Gasteiger partial charge in [-0.25, -0.2) is 44.9 Å². The second kappa shape index (κ2) is 23.6. The molecule has 0 aliphatic rings. The van der Waals surface area contributed by atoms with Crippen LogP contribution in [-0.4, -0.2) is 49.4 Å². The van der Waals surface area contributed by atoms with Gasteiger partial charge in [-0.1, -0.05) is 261 Å². The molecule has 10 nitrogen and oxygen atoms in total. The molecule has 16 rings (SSSR count). The zero-order valence-electron chi connectivity index (χ0n) is 49.0. The number of nitrogens with zero attached hydrogens (tertiary/aromatic N) is 10. The van der Waals surface area contributed by atoms with Gasteiger partial charge < -0.3 is 4.57 Å². The molecule has 0 aliphatic heterocycles. The Morgan fingerprint density at radius 1 is 0.154 bits per heavy atom. The minimum absolute atomic E-state index is 0.544. The molecular formula is C81H52N10. The topological polar surface area (TPSA) is 121 Å². The number of benzene rings is 12. The molecule has 0 bridgehead atoms. The van der Waals surface area contributed by atoms with Crippen LogP contribution in [0.2, 0.25) is 0 Å². The molecule has 0 aliphatic carbocycles. The van der Waals surface area contributed by atoms with Crippen molar-refractivity contribution in [1.82, 2.24) is 49.4 Å². The first kappa shape index (κ1) is 53.9. The summed E-state index contributed by atoms with van der Waals surface area (Å²) in [7, 11) is 0. The molecule has 0 atom stereocenters. The van der Waals surface area contributed by atoms with Gasteiger partial charge in [0.15, 0.2) is 52.4 Å². The van der Waals surface area contributed by atoms with Crippen LogP contribution < -0.4 is 0 Å². The highest BCUT2D eigenvalue weighted by Crippen LogP contribution is 2.37. The van der Waals surface area contributed by atoms with Gasteiger partial charge >= 0.3 is 0 Å². The molecule has 12 aromatic carbocycles. The molecule has 4 aromatic heterocycles. The smallest absolute Gasteiger partial charge is 0.164 e. The van der Waals surface area contributed by atoms with Crippen molar-refractivity contribution in [2.24, 2.45) is 0 Å². The molecule has 0 saturated heterocycles. The van der Waals surface area contributed by atoms with Crippen molar-refractivity contribution in [2.75, 3.05) is 0 Å². The Kier molecular flexibility index (Phi) is 14.0. The van der Waals surface area contributed by atoms with Gasteiger partial charge in [-0.3, -0.25) is 0 Å².